The quantitative estimate of drug-likeness (QED) is 0.726. The van der Waals surface area contributed by atoms with Crippen LogP contribution in [0, 0.1) is 6.92 Å². The fourth-order valence-corrected chi connectivity index (χ4v) is 2.33. The second-order valence-electron chi connectivity index (χ2n) is 5.74. The Morgan fingerprint density at radius 1 is 1.17 bits per heavy atom. The zero-order valence-electron chi connectivity index (χ0n) is 13.9. The van der Waals surface area contributed by atoms with Gasteiger partial charge in [-0.2, -0.15) is 0 Å². The lowest BCUT2D eigenvalue weighted by atomic mass is 10.1. The number of nitrogens with one attached hydrogen (secondary N) is 2. The summed E-state index contributed by atoms with van der Waals surface area (Å²) in [6.07, 6.45) is 5.17. The molecule has 0 fully saturated rings. The summed E-state index contributed by atoms with van der Waals surface area (Å²) < 4.78 is 0. The van der Waals surface area contributed by atoms with E-state index in [0.29, 0.717) is 12.1 Å². The maximum atomic E-state index is 12.1. The van der Waals surface area contributed by atoms with Gasteiger partial charge in [-0.05, 0) is 31.0 Å². The number of anilines is 1. The highest BCUT2D eigenvalue weighted by molar-refractivity contribution is 5.94. The van der Waals surface area contributed by atoms with Crippen molar-refractivity contribution in [1.29, 1.82) is 0 Å². The Hall–Kier alpha value is -2.36. The predicted molar refractivity (Wildman–Crippen MR) is 94.6 cm³/mol. The minimum atomic E-state index is -0.100. The fraction of sp³-hybridized carbons (Fsp3) is 0.368. The molecule has 0 aliphatic carbocycles. The van der Waals surface area contributed by atoms with Crippen LogP contribution in [0.1, 0.15) is 47.7 Å². The molecule has 122 valence electrons. The van der Waals surface area contributed by atoms with E-state index in [0.717, 1.165) is 24.3 Å². The van der Waals surface area contributed by atoms with Gasteiger partial charge in [0, 0.05) is 19.3 Å². The Morgan fingerprint density at radius 3 is 2.74 bits per heavy atom. The van der Waals surface area contributed by atoms with Crippen molar-refractivity contribution < 1.29 is 4.79 Å². The van der Waals surface area contributed by atoms with Crippen molar-refractivity contribution in [3.05, 3.63) is 59.3 Å². The lowest BCUT2D eigenvalue weighted by Crippen LogP contribution is -2.23. The van der Waals surface area contributed by atoms with Gasteiger partial charge in [-0.1, -0.05) is 49.6 Å². The molecule has 0 unspecified atom stereocenters. The maximum absolute atomic E-state index is 12.1. The molecule has 4 heteroatoms. The standard InChI is InChI=1S/C19H25N3O/c1-3-4-5-11-20-18-10-9-17(14-21-18)19(23)22-13-16-8-6-7-15(2)12-16/h6-10,12,14H,3-5,11,13H2,1-2H3,(H,20,21)(H,22,23). The third kappa shape index (κ3) is 5.74. The lowest BCUT2D eigenvalue weighted by Gasteiger charge is -2.08. The molecule has 0 aliphatic rings. The van der Waals surface area contributed by atoms with Crippen molar-refractivity contribution in [1.82, 2.24) is 10.3 Å². The van der Waals surface area contributed by atoms with E-state index in [4.69, 9.17) is 0 Å². The normalized spacial score (nSPS) is 10.3. The van der Waals surface area contributed by atoms with E-state index in [1.165, 1.54) is 18.4 Å². The van der Waals surface area contributed by atoms with E-state index < -0.39 is 0 Å². The van der Waals surface area contributed by atoms with Gasteiger partial charge in [0.2, 0.25) is 0 Å². The average Bonchev–Trinajstić information content (AvgIpc) is 2.57. The molecule has 0 radical (unpaired) electrons. The first-order valence-electron chi connectivity index (χ1n) is 8.22. The van der Waals surface area contributed by atoms with Crippen LogP contribution in [0.3, 0.4) is 0 Å². The van der Waals surface area contributed by atoms with Gasteiger partial charge in [0.1, 0.15) is 5.82 Å². The number of hydrogen-bond donors (Lipinski definition) is 2. The fourth-order valence-electron chi connectivity index (χ4n) is 2.33. The number of unbranched alkanes of at least 4 members (excludes halogenated alkanes) is 2. The SMILES string of the molecule is CCCCCNc1ccc(C(=O)NCc2cccc(C)c2)cn1. The molecule has 0 bridgehead atoms. The molecule has 2 aromatic rings. The van der Waals surface area contributed by atoms with E-state index >= 15 is 0 Å². The van der Waals surface area contributed by atoms with Crippen molar-refractivity contribution in [2.45, 2.75) is 39.7 Å². The van der Waals surface area contributed by atoms with Crippen LogP contribution >= 0.6 is 0 Å². The van der Waals surface area contributed by atoms with Crippen LogP contribution in [0.4, 0.5) is 5.82 Å². The van der Waals surface area contributed by atoms with Gasteiger partial charge < -0.3 is 10.6 Å². The van der Waals surface area contributed by atoms with Gasteiger partial charge in [-0.25, -0.2) is 4.98 Å². The number of carbonyl (C=O) groups is 1. The van der Waals surface area contributed by atoms with Crippen molar-refractivity contribution >= 4 is 11.7 Å². The van der Waals surface area contributed by atoms with E-state index in [2.05, 4.69) is 28.6 Å². The van der Waals surface area contributed by atoms with Gasteiger partial charge in [0.05, 0.1) is 5.56 Å². The molecule has 1 heterocycles. The number of amides is 1. The molecule has 2 rings (SSSR count). The number of benzene rings is 1. The van der Waals surface area contributed by atoms with Crippen LogP contribution in [0.2, 0.25) is 0 Å². The van der Waals surface area contributed by atoms with Crippen molar-refractivity contribution in [2.75, 3.05) is 11.9 Å². The Bertz CT molecular complexity index is 623. The van der Waals surface area contributed by atoms with Gasteiger partial charge in [-0.3, -0.25) is 4.79 Å². The molecular formula is C19H25N3O. The minimum Gasteiger partial charge on any atom is -0.370 e. The topological polar surface area (TPSA) is 54.0 Å². The smallest absolute Gasteiger partial charge is 0.253 e. The van der Waals surface area contributed by atoms with E-state index in [1.54, 1.807) is 12.3 Å². The number of pyridine rings is 1. The van der Waals surface area contributed by atoms with Gasteiger partial charge in [0.15, 0.2) is 0 Å². The van der Waals surface area contributed by atoms with Crippen LogP contribution in [0.25, 0.3) is 0 Å². The van der Waals surface area contributed by atoms with E-state index in [1.807, 2.05) is 31.2 Å². The number of nitrogens with zero attached hydrogens (tertiary/aromatic N) is 1. The number of hydrogen-bond acceptors (Lipinski definition) is 3. The van der Waals surface area contributed by atoms with Gasteiger partial charge in [-0.15, -0.1) is 0 Å². The summed E-state index contributed by atoms with van der Waals surface area (Å²) in [5.74, 6) is 0.716. The average molecular weight is 311 g/mol. The zero-order chi connectivity index (χ0) is 16.5. The second-order valence-corrected chi connectivity index (χ2v) is 5.74. The van der Waals surface area contributed by atoms with E-state index in [-0.39, 0.29) is 5.91 Å². The van der Waals surface area contributed by atoms with Crippen LogP contribution in [0.5, 0.6) is 0 Å². The maximum Gasteiger partial charge on any atom is 0.253 e. The summed E-state index contributed by atoms with van der Waals surface area (Å²) in [7, 11) is 0. The number of aryl methyl sites for hydroxylation is 1. The summed E-state index contributed by atoms with van der Waals surface area (Å²) in [4.78, 5) is 16.4. The number of rotatable bonds is 8. The summed E-state index contributed by atoms with van der Waals surface area (Å²) in [5.41, 5.74) is 2.87. The first-order chi connectivity index (χ1) is 11.2. The Balaban J connectivity index is 1.82. The third-order valence-electron chi connectivity index (χ3n) is 3.65. The molecular weight excluding hydrogens is 286 g/mol. The predicted octanol–water partition coefficient (Wildman–Crippen LogP) is 3.92. The number of carbonyl (C=O) groups excluding carboxylic acids is 1. The molecule has 1 aromatic carbocycles. The highest BCUT2D eigenvalue weighted by Gasteiger charge is 2.06. The summed E-state index contributed by atoms with van der Waals surface area (Å²) in [6.45, 7) is 5.67. The van der Waals surface area contributed by atoms with Crippen molar-refractivity contribution in [3.8, 4) is 0 Å². The molecule has 0 atom stereocenters. The molecule has 1 aromatic heterocycles. The summed E-state index contributed by atoms with van der Waals surface area (Å²) in [6, 6.07) is 11.8. The number of aromatic nitrogens is 1. The van der Waals surface area contributed by atoms with Crippen molar-refractivity contribution in [2.24, 2.45) is 0 Å². The molecule has 2 N–H and O–H groups in total. The third-order valence-corrected chi connectivity index (χ3v) is 3.65. The molecule has 4 nitrogen and oxygen atoms in total. The highest BCUT2D eigenvalue weighted by Crippen LogP contribution is 2.07. The van der Waals surface area contributed by atoms with Gasteiger partial charge in [0.25, 0.3) is 5.91 Å². The first kappa shape index (κ1) is 17.0. The second kappa shape index (κ2) is 8.93. The Morgan fingerprint density at radius 2 is 2.04 bits per heavy atom. The van der Waals surface area contributed by atoms with Crippen LogP contribution in [-0.4, -0.2) is 17.4 Å². The first-order valence-corrected chi connectivity index (χ1v) is 8.22. The van der Waals surface area contributed by atoms with E-state index in [9.17, 15) is 4.79 Å². The molecule has 1 amide bonds. The highest BCUT2D eigenvalue weighted by atomic mass is 16.1. The van der Waals surface area contributed by atoms with Crippen molar-refractivity contribution in [3.63, 3.8) is 0 Å². The Labute approximate surface area is 138 Å². The summed E-state index contributed by atoms with van der Waals surface area (Å²) >= 11 is 0. The zero-order valence-corrected chi connectivity index (χ0v) is 13.9. The molecule has 0 spiro atoms. The molecule has 23 heavy (non-hydrogen) atoms. The van der Waals surface area contributed by atoms with Gasteiger partial charge >= 0.3 is 0 Å². The monoisotopic (exact) mass is 311 g/mol. The molecule has 0 saturated heterocycles. The largest absolute Gasteiger partial charge is 0.370 e. The lowest BCUT2D eigenvalue weighted by molar-refractivity contribution is 0.0950. The van der Waals surface area contributed by atoms with Crippen LogP contribution in [-0.2, 0) is 6.54 Å². The minimum absolute atomic E-state index is 0.100. The van der Waals surface area contributed by atoms with Crippen LogP contribution in [0.15, 0.2) is 42.6 Å². The molecule has 0 aliphatic heterocycles. The Kier molecular flexibility index (Phi) is 6.60. The molecule has 0 saturated carbocycles. The summed E-state index contributed by atoms with van der Waals surface area (Å²) in [5, 5.41) is 6.19. The van der Waals surface area contributed by atoms with Crippen LogP contribution < -0.4 is 10.6 Å².